The number of nitrogens with one attached hydrogen (secondary N) is 1. The molecular formula is C12H20ClFN2O2S. The fraction of sp³-hybridized carbons (Fsp3) is 0.500. The highest BCUT2D eigenvalue weighted by Gasteiger charge is 2.21. The molecule has 19 heavy (non-hydrogen) atoms. The number of sulfonamides is 1. The van der Waals surface area contributed by atoms with Crippen LogP contribution in [0.15, 0.2) is 29.2 Å². The van der Waals surface area contributed by atoms with Gasteiger partial charge in [-0.1, -0.05) is 31.9 Å². The van der Waals surface area contributed by atoms with Crippen molar-refractivity contribution in [1.29, 1.82) is 0 Å². The molecule has 1 unspecified atom stereocenters. The highest BCUT2D eigenvalue weighted by molar-refractivity contribution is 7.89. The molecule has 0 heterocycles. The van der Waals surface area contributed by atoms with Crippen molar-refractivity contribution < 1.29 is 12.8 Å². The number of unbranched alkanes of at least 4 members (excludes halogenated alkanes) is 1. The first kappa shape index (κ1) is 18.3. The molecule has 0 fully saturated rings. The van der Waals surface area contributed by atoms with E-state index in [1.165, 1.54) is 18.2 Å². The van der Waals surface area contributed by atoms with Gasteiger partial charge in [0.05, 0.1) is 0 Å². The first-order valence-corrected chi connectivity index (χ1v) is 7.46. The Balaban J connectivity index is 0.00000324. The normalized spacial score (nSPS) is 12.8. The lowest BCUT2D eigenvalue weighted by Gasteiger charge is -2.16. The van der Waals surface area contributed by atoms with Crippen molar-refractivity contribution in [2.45, 2.75) is 37.1 Å². The molecule has 0 aliphatic rings. The van der Waals surface area contributed by atoms with Crippen LogP contribution in [0.25, 0.3) is 0 Å². The number of benzene rings is 1. The highest BCUT2D eigenvalue weighted by atomic mass is 35.5. The zero-order valence-corrected chi connectivity index (χ0v) is 12.4. The molecule has 0 aliphatic heterocycles. The molecule has 1 atom stereocenters. The predicted octanol–water partition coefficient (Wildman–Crippen LogP) is 2.04. The summed E-state index contributed by atoms with van der Waals surface area (Å²) in [4.78, 5) is -0.333. The van der Waals surface area contributed by atoms with E-state index in [0.717, 1.165) is 18.9 Å². The third-order valence-electron chi connectivity index (χ3n) is 2.64. The maximum absolute atomic E-state index is 13.4. The maximum Gasteiger partial charge on any atom is 0.243 e. The summed E-state index contributed by atoms with van der Waals surface area (Å²) < 4.78 is 39.8. The molecule has 1 rings (SSSR count). The average molecular weight is 311 g/mol. The van der Waals surface area contributed by atoms with E-state index in [9.17, 15) is 12.8 Å². The van der Waals surface area contributed by atoms with Gasteiger partial charge in [0.2, 0.25) is 10.0 Å². The summed E-state index contributed by atoms with van der Waals surface area (Å²) in [5, 5.41) is 0. The topological polar surface area (TPSA) is 72.2 Å². The zero-order valence-electron chi connectivity index (χ0n) is 10.8. The molecule has 0 aromatic heterocycles. The number of rotatable bonds is 7. The van der Waals surface area contributed by atoms with E-state index in [2.05, 4.69) is 4.72 Å². The summed E-state index contributed by atoms with van der Waals surface area (Å²) in [6.45, 7) is 2.21. The van der Waals surface area contributed by atoms with Crippen LogP contribution < -0.4 is 10.5 Å². The van der Waals surface area contributed by atoms with Gasteiger partial charge in [-0.15, -0.1) is 12.4 Å². The number of halogens is 2. The van der Waals surface area contributed by atoms with Crippen molar-refractivity contribution in [3.05, 3.63) is 30.1 Å². The first-order valence-electron chi connectivity index (χ1n) is 5.98. The van der Waals surface area contributed by atoms with Crippen LogP contribution in [0, 0.1) is 5.82 Å². The molecule has 3 N–H and O–H groups in total. The van der Waals surface area contributed by atoms with E-state index in [4.69, 9.17) is 5.73 Å². The van der Waals surface area contributed by atoms with Gasteiger partial charge < -0.3 is 5.73 Å². The molecular weight excluding hydrogens is 291 g/mol. The largest absolute Gasteiger partial charge is 0.329 e. The monoisotopic (exact) mass is 310 g/mol. The molecule has 1 aromatic rings. The Morgan fingerprint density at radius 1 is 1.37 bits per heavy atom. The molecule has 4 nitrogen and oxygen atoms in total. The van der Waals surface area contributed by atoms with Gasteiger partial charge in [-0.2, -0.15) is 0 Å². The zero-order chi connectivity index (χ0) is 13.6. The second kappa shape index (κ2) is 8.47. The number of hydrogen-bond acceptors (Lipinski definition) is 3. The lowest BCUT2D eigenvalue weighted by Crippen LogP contribution is -2.40. The van der Waals surface area contributed by atoms with Crippen LogP contribution in [0.5, 0.6) is 0 Å². The second-order valence-electron chi connectivity index (χ2n) is 4.13. The number of nitrogens with two attached hydrogens (primary N) is 1. The van der Waals surface area contributed by atoms with Crippen LogP contribution in [0.1, 0.15) is 26.2 Å². The molecule has 0 amide bonds. The van der Waals surface area contributed by atoms with Gasteiger partial charge in [0.25, 0.3) is 0 Å². The van der Waals surface area contributed by atoms with Crippen LogP contribution in [0.2, 0.25) is 0 Å². The van der Waals surface area contributed by atoms with Crippen molar-refractivity contribution in [3.63, 3.8) is 0 Å². The smallest absolute Gasteiger partial charge is 0.243 e. The Labute approximate surface area is 120 Å². The van der Waals surface area contributed by atoms with Crippen LogP contribution in [0.4, 0.5) is 4.39 Å². The lowest BCUT2D eigenvalue weighted by atomic mass is 10.1. The molecule has 0 saturated heterocycles. The number of hydrogen-bond donors (Lipinski definition) is 2. The summed E-state index contributed by atoms with van der Waals surface area (Å²) in [6, 6.07) is 4.95. The van der Waals surface area contributed by atoms with Gasteiger partial charge in [0.1, 0.15) is 10.7 Å². The standard InChI is InChI=1S/C12H19FN2O2S.ClH/c1-2-3-6-10(9-14)15-18(16,17)12-8-5-4-7-11(12)13;/h4-5,7-8,10,15H,2-3,6,9,14H2,1H3;1H. The third kappa shape index (κ3) is 5.44. The maximum atomic E-state index is 13.4. The quantitative estimate of drug-likeness (QED) is 0.809. The first-order chi connectivity index (χ1) is 8.51. The highest BCUT2D eigenvalue weighted by Crippen LogP contribution is 2.14. The molecule has 0 bridgehead atoms. The van der Waals surface area contributed by atoms with E-state index in [1.807, 2.05) is 6.92 Å². The van der Waals surface area contributed by atoms with Crippen molar-refractivity contribution in [1.82, 2.24) is 4.72 Å². The molecule has 110 valence electrons. The molecule has 0 aliphatic carbocycles. The molecule has 7 heteroatoms. The Morgan fingerprint density at radius 3 is 2.53 bits per heavy atom. The van der Waals surface area contributed by atoms with Crippen LogP contribution in [-0.2, 0) is 10.0 Å². The summed E-state index contributed by atoms with van der Waals surface area (Å²) in [5.41, 5.74) is 5.52. The summed E-state index contributed by atoms with van der Waals surface area (Å²) >= 11 is 0. The van der Waals surface area contributed by atoms with Crippen molar-refractivity contribution in [2.24, 2.45) is 5.73 Å². The van der Waals surface area contributed by atoms with Crippen molar-refractivity contribution in [3.8, 4) is 0 Å². The van der Waals surface area contributed by atoms with E-state index in [-0.39, 0.29) is 29.9 Å². The summed E-state index contributed by atoms with van der Waals surface area (Å²) in [7, 11) is -3.84. The van der Waals surface area contributed by atoms with E-state index in [0.29, 0.717) is 6.42 Å². The Bertz CT molecular complexity index is 482. The minimum atomic E-state index is -3.84. The van der Waals surface area contributed by atoms with Gasteiger partial charge in [-0.25, -0.2) is 17.5 Å². The van der Waals surface area contributed by atoms with E-state index >= 15 is 0 Å². The molecule has 0 radical (unpaired) electrons. The van der Waals surface area contributed by atoms with Gasteiger partial charge in [-0.05, 0) is 18.6 Å². The minimum absolute atomic E-state index is 0. The SMILES string of the molecule is CCCCC(CN)NS(=O)(=O)c1ccccc1F.Cl. The Kier molecular flexibility index (Phi) is 8.17. The summed E-state index contributed by atoms with van der Waals surface area (Å²) in [5.74, 6) is -0.753. The van der Waals surface area contributed by atoms with Gasteiger partial charge >= 0.3 is 0 Å². The van der Waals surface area contributed by atoms with Gasteiger partial charge in [0, 0.05) is 12.6 Å². The summed E-state index contributed by atoms with van der Waals surface area (Å²) in [6.07, 6.45) is 2.49. The van der Waals surface area contributed by atoms with Crippen molar-refractivity contribution >= 4 is 22.4 Å². The Hall–Kier alpha value is -0.690. The molecule has 0 spiro atoms. The lowest BCUT2D eigenvalue weighted by molar-refractivity contribution is 0.509. The van der Waals surface area contributed by atoms with Crippen LogP contribution >= 0.6 is 12.4 Å². The predicted molar refractivity (Wildman–Crippen MR) is 76.3 cm³/mol. The van der Waals surface area contributed by atoms with Crippen molar-refractivity contribution in [2.75, 3.05) is 6.54 Å². The van der Waals surface area contributed by atoms with Gasteiger partial charge in [-0.3, -0.25) is 0 Å². The Morgan fingerprint density at radius 2 is 2.00 bits per heavy atom. The molecule has 1 aromatic carbocycles. The molecule has 0 saturated carbocycles. The fourth-order valence-corrected chi connectivity index (χ4v) is 2.98. The van der Waals surface area contributed by atoms with Gasteiger partial charge in [0.15, 0.2) is 0 Å². The fourth-order valence-electron chi connectivity index (χ4n) is 1.62. The average Bonchev–Trinajstić information content (AvgIpc) is 2.34. The minimum Gasteiger partial charge on any atom is -0.329 e. The second-order valence-corrected chi connectivity index (χ2v) is 5.81. The van der Waals surface area contributed by atoms with E-state index < -0.39 is 15.8 Å². The van der Waals surface area contributed by atoms with Crippen LogP contribution in [-0.4, -0.2) is 21.0 Å². The van der Waals surface area contributed by atoms with E-state index in [1.54, 1.807) is 0 Å². The third-order valence-corrected chi connectivity index (χ3v) is 4.19. The van der Waals surface area contributed by atoms with Crippen LogP contribution in [0.3, 0.4) is 0 Å².